The Hall–Kier alpha value is -2.20. The number of thiophene rings is 1. The number of carboxylic acid groups (broad SMARTS) is 1. The summed E-state index contributed by atoms with van der Waals surface area (Å²) in [6, 6.07) is 12.3. The molecule has 0 unspecified atom stereocenters. The zero-order valence-electron chi connectivity index (χ0n) is 15.1. The van der Waals surface area contributed by atoms with Crippen molar-refractivity contribution in [2.24, 2.45) is 0 Å². The number of nitrogens with zero attached hydrogens (tertiary/aromatic N) is 2. The molecule has 150 valence electrons. The van der Waals surface area contributed by atoms with Crippen molar-refractivity contribution in [2.45, 2.75) is 11.7 Å². The molecule has 2 atom stereocenters. The fourth-order valence-corrected chi connectivity index (χ4v) is 14.4. The van der Waals surface area contributed by atoms with Crippen molar-refractivity contribution >= 4 is 47.1 Å². The van der Waals surface area contributed by atoms with Gasteiger partial charge in [-0.05, 0) is 0 Å². The number of benzene rings is 1. The van der Waals surface area contributed by atoms with E-state index in [9.17, 15) is 18.3 Å². The van der Waals surface area contributed by atoms with Gasteiger partial charge in [0.25, 0.3) is 0 Å². The number of hydrogen-bond acceptors (Lipinski definition) is 5. The first-order chi connectivity index (χ1) is 13.8. The third-order valence-corrected chi connectivity index (χ3v) is 14.9. The van der Waals surface area contributed by atoms with Crippen LogP contribution < -0.4 is 4.72 Å². The normalized spacial score (nSPS) is 22.2. The number of hydrogen-bond donors (Lipinski definition) is 2. The van der Waals surface area contributed by atoms with Gasteiger partial charge in [0.05, 0.1) is 0 Å². The Morgan fingerprint density at radius 3 is 2.69 bits per heavy atom. The van der Waals surface area contributed by atoms with Crippen molar-refractivity contribution in [1.82, 2.24) is 14.5 Å². The number of sulfonamides is 1. The van der Waals surface area contributed by atoms with Crippen molar-refractivity contribution in [3.05, 3.63) is 66.0 Å². The van der Waals surface area contributed by atoms with Gasteiger partial charge in [0.2, 0.25) is 0 Å². The second kappa shape index (κ2) is 7.24. The van der Waals surface area contributed by atoms with Crippen LogP contribution in [0.1, 0.15) is 15.1 Å². The molecule has 2 N–H and O–H groups in total. The number of carbonyl (C=O) groups is 1. The van der Waals surface area contributed by atoms with Crippen LogP contribution in [0.5, 0.6) is 0 Å². The molecule has 0 radical (unpaired) electrons. The quantitative estimate of drug-likeness (QED) is 0.216. The van der Waals surface area contributed by atoms with E-state index >= 15 is 0 Å². The van der Waals surface area contributed by atoms with Crippen LogP contribution in [0.15, 0.2) is 59.1 Å². The van der Waals surface area contributed by atoms with Crippen LogP contribution in [0.2, 0.25) is 0 Å². The van der Waals surface area contributed by atoms with E-state index in [-0.39, 0.29) is 8.13 Å². The Morgan fingerprint density at radius 2 is 2.07 bits per heavy atom. The van der Waals surface area contributed by atoms with Gasteiger partial charge in [-0.25, -0.2) is 0 Å². The molecule has 1 aliphatic heterocycles. The van der Waals surface area contributed by atoms with E-state index < -0.39 is 39.4 Å². The Labute approximate surface area is 179 Å². The number of alkyl halides is 3. The summed E-state index contributed by atoms with van der Waals surface area (Å²) >= 11 is -1.14. The molecule has 4 rings (SSSR count). The maximum atomic E-state index is 13.0. The summed E-state index contributed by atoms with van der Waals surface area (Å²) in [6.45, 7) is 0. The molecule has 1 fully saturated rings. The summed E-state index contributed by atoms with van der Waals surface area (Å²) in [7, 11) is -4.01. The Kier molecular flexibility index (Phi) is 5.02. The standard InChI is InChI=1S/C19H16IN3O4S2/c1-3-13-11-21-23(12-13)15-9-10-16(28-15)29(26,27)22-19(18(24)25)17(20(19)2)14-7-5-4-6-8-14/h1,4-12,17,22H,2H3,(H,24,25)/t17-,19+/m1/s1. The Balaban J connectivity index is 1.64. The first-order valence-electron chi connectivity index (χ1n) is 8.32. The molecule has 0 spiro atoms. The van der Waals surface area contributed by atoms with Crippen LogP contribution in [-0.2, 0) is 14.8 Å². The van der Waals surface area contributed by atoms with Gasteiger partial charge in [-0.3, -0.25) is 0 Å². The van der Waals surface area contributed by atoms with Crippen molar-refractivity contribution < 1.29 is 18.3 Å². The summed E-state index contributed by atoms with van der Waals surface area (Å²) in [5, 5.41) is 14.6. The van der Waals surface area contributed by atoms with Crippen LogP contribution >= 0.6 is 31.2 Å². The second-order valence-electron chi connectivity index (χ2n) is 6.32. The van der Waals surface area contributed by atoms with E-state index in [2.05, 4.69) is 15.7 Å². The first-order valence-corrected chi connectivity index (χ1v) is 15.1. The summed E-state index contributed by atoms with van der Waals surface area (Å²) in [6.07, 6.45) is 8.47. The van der Waals surface area contributed by atoms with Gasteiger partial charge in [-0.2, -0.15) is 0 Å². The van der Waals surface area contributed by atoms with Crippen molar-refractivity contribution in [1.29, 1.82) is 0 Å². The van der Waals surface area contributed by atoms with Crippen LogP contribution in [-0.4, -0.2) is 37.8 Å². The molecular formula is C19H16IN3O4S2. The van der Waals surface area contributed by atoms with E-state index in [1.165, 1.54) is 16.9 Å². The van der Waals surface area contributed by atoms with Gasteiger partial charge in [0, 0.05) is 0 Å². The number of nitrogens with one attached hydrogen (secondary N) is 1. The maximum absolute atomic E-state index is 13.0. The zero-order valence-corrected chi connectivity index (χ0v) is 18.9. The van der Waals surface area contributed by atoms with E-state index in [4.69, 9.17) is 6.42 Å². The Bertz CT molecular complexity index is 1230. The number of aromatic nitrogens is 2. The van der Waals surface area contributed by atoms with Crippen molar-refractivity contribution in [3.8, 4) is 17.3 Å². The average molecular weight is 541 g/mol. The number of carboxylic acids is 1. The molecule has 1 aliphatic rings. The molecular weight excluding hydrogens is 525 g/mol. The van der Waals surface area contributed by atoms with E-state index in [1.807, 2.05) is 35.3 Å². The predicted octanol–water partition coefficient (Wildman–Crippen LogP) is 2.87. The van der Waals surface area contributed by atoms with E-state index in [0.717, 1.165) is 16.9 Å². The van der Waals surface area contributed by atoms with Gasteiger partial charge in [-0.15, -0.1) is 0 Å². The molecule has 10 heteroatoms. The van der Waals surface area contributed by atoms with E-state index in [0.29, 0.717) is 10.6 Å². The molecule has 0 aliphatic carbocycles. The van der Waals surface area contributed by atoms with Crippen LogP contribution in [0.25, 0.3) is 5.00 Å². The predicted molar refractivity (Wildman–Crippen MR) is 119 cm³/mol. The topological polar surface area (TPSA) is 101 Å². The minimum atomic E-state index is -4.01. The molecule has 1 saturated heterocycles. The number of rotatable bonds is 6. The first kappa shape index (κ1) is 20.1. The number of terminal acetylenes is 1. The van der Waals surface area contributed by atoms with Crippen LogP contribution in [0.3, 0.4) is 0 Å². The second-order valence-corrected chi connectivity index (χ2v) is 15.2. The van der Waals surface area contributed by atoms with E-state index in [1.54, 1.807) is 12.3 Å². The van der Waals surface area contributed by atoms with Crippen molar-refractivity contribution in [2.75, 3.05) is 4.93 Å². The Morgan fingerprint density at radius 1 is 1.34 bits per heavy atom. The third-order valence-electron chi connectivity index (χ3n) is 4.59. The molecule has 1 aromatic carbocycles. The zero-order chi connectivity index (χ0) is 20.8. The number of halogens is 1. The molecule has 0 bridgehead atoms. The van der Waals surface area contributed by atoms with Crippen LogP contribution in [0.4, 0.5) is 0 Å². The summed E-state index contributed by atoms with van der Waals surface area (Å²) in [5.41, 5.74) is 1.44. The minimum absolute atomic E-state index is 0.0360. The van der Waals surface area contributed by atoms with Gasteiger partial charge in [-0.1, -0.05) is 0 Å². The van der Waals surface area contributed by atoms with Gasteiger partial charge < -0.3 is 0 Å². The van der Waals surface area contributed by atoms with Gasteiger partial charge in [0.15, 0.2) is 0 Å². The summed E-state index contributed by atoms with van der Waals surface area (Å²) < 4.78 is 28.4. The fraction of sp³-hybridized carbons (Fsp3) is 0.158. The molecule has 7 nitrogen and oxygen atoms in total. The SMILES string of the molecule is C#Cc1cnn(-c2ccc(S(=O)(=O)N[C@]3(C(=O)O)[C@@H](c4ccccc4)I3C)s2)c1. The summed E-state index contributed by atoms with van der Waals surface area (Å²) in [4.78, 5) is 14.0. The van der Waals surface area contributed by atoms with Gasteiger partial charge in [0.1, 0.15) is 0 Å². The monoisotopic (exact) mass is 541 g/mol. The molecule has 3 aromatic rings. The van der Waals surface area contributed by atoms with Crippen LogP contribution in [0, 0.1) is 12.3 Å². The third kappa shape index (κ3) is 3.38. The molecule has 3 heterocycles. The molecule has 0 amide bonds. The molecule has 0 saturated carbocycles. The van der Waals surface area contributed by atoms with Crippen molar-refractivity contribution in [3.63, 3.8) is 0 Å². The summed E-state index contributed by atoms with van der Waals surface area (Å²) in [5.74, 6) is 1.34. The average Bonchev–Trinajstić information content (AvgIpc) is 3.13. The number of aliphatic carboxylic acids is 1. The molecule has 2 aromatic heterocycles. The molecule has 29 heavy (non-hydrogen) atoms. The van der Waals surface area contributed by atoms with Gasteiger partial charge >= 0.3 is 180 Å². The fourth-order valence-electron chi connectivity index (χ4n) is 3.12.